The largest absolute Gasteiger partial charge is 0.396 e. The van der Waals surface area contributed by atoms with Crippen molar-refractivity contribution in [1.82, 2.24) is 4.98 Å². The summed E-state index contributed by atoms with van der Waals surface area (Å²) in [7, 11) is 0. The van der Waals surface area contributed by atoms with Crippen LogP contribution in [0.15, 0.2) is 42.6 Å². The van der Waals surface area contributed by atoms with E-state index in [4.69, 9.17) is 11.0 Å². The quantitative estimate of drug-likeness (QED) is 0.797. The minimum absolute atomic E-state index is 0.590. The summed E-state index contributed by atoms with van der Waals surface area (Å²) in [6, 6.07) is 12.7. The van der Waals surface area contributed by atoms with Crippen molar-refractivity contribution in [3.05, 3.63) is 48.2 Å². The van der Waals surface area contributed by atoms with E-state index in [9.17, 15) is 0 Å². The average molecular weight is 210 g/mol. The van der Waals surface area contributed by atoms with E-state index in [0.717, 1.165) is 5.69 Å². The highest BCUT2D eigenvalue weighted by Crippen LogP contribution is 2.19. The van der Waals surface area contributed by atoms with Gasteiger partial charge in [-0.15, -0.1) is 0 Å². The van der Waals surface area contributed by atoms with Gasteiger partial charge in [-0.05, 0) is 36.4 Å². The van der Waals surface area contributed by atoms with Gasteiger partial charge in [-0.25, -0.2) is 4.98 Å². The van der Waals surface area contributed by atoms with Crippen molar-refractivity contribution in [2.24, 2.45) is 0 Å². The topological polar surface area (TPSA) is 74.7 Å². The van der Waals surface area contributed by atoms with Gasteiger partial charge in [-0.2, -0.15) is 5.26 Å². The van der Waals surface area contributed by atoms with Crippen molar-refractivity contribution in [3.8, 4) is 6.07 Å². The Hall–Kier alpha value is -2.54. The lowest BCUT2D eigenvalue weighted by atomic mass is 10.2. The maximum atomic E-state index is 8.66. The Bertz CT molecular complexity index is 525. The summed E-state index contributed by atoms with van der Waals surface area (Å²) in [4.78, 5) is 4.12. The van der Waals surface area contributed by atoms with Crippen molar-refractivity contribution in [2.45, 2.75) is 0 Å². The third kappa shape index (κ3) is 2.10. The average Bonchev–Trinajstić information content (AvgIpc) is 2.33. The highest BCUT2D eigenvalue weighted by Gasteiger charge is 1.99. The van der Waals surface area contributed by atoms with Crippen LogP contribution in [-0.2, 0) is 0 Å². The number of nitrogens with two attached hydrogens (primary N) is 1. The van der Waals surface area contributed by atoms with Crippen LogP contribution in [0.25, 0.3) is 0 Å². The number of aromatic nitrogens is 1. The van der Waals surface area contributed by atoms with Crippen LogP contribution in [0.1, 0.15) is 5.56 Å². The van der Waals surface area contributed by atoms with Crippen molar-refractivity contribution < 1.29 is 0 Å². The second-order valence-corrected chi connectivity index (χ2v) is 3.26. The van der Waals surface area contributed by atoms with Crippen LogP contribution in [0.2, 0.25) is 0 Å². The first kappa shape index (κ1) is 9.99. The second kappa shape index (κ2) is 4.32. The Morgan fingerprint density at radius 2 is 1.94 bits per heavy atom. The SMILES string of the molecule is N#Cc1ccc(Nc2ncccc2N)cc1. The molecular formula is C12H10N4. The third-order valence-electron chi connectivity index (χ3n) is 2.12. The molecule has 0 aliphatic heterocycles. The van der Waals surface area contributed by atoms with E-state index in [1.165, 1.54) is 0 Å². The number of nitrogens with one attached hydrogen (secondary N) is 1. The van der Waals surface area contributed by atoms with Gasteiger partial charge in [0.15, 0.2) is 5.82 Å². The van der Waals surface area contributed by atoms with Crippen molar-refractivity contribution in [3.63, 3.8) is 0 Å². The van der Waals surface area contributed by atoms with Crippen molar-refractivity contribution in [2.75, 3.05) is 11.1 Å². The number of nitrogens with zero attached hydrogens (tertiary/aromatic N) is 2. The van der Waals surface area contributed by atoms with Gasteiger partial charge in [0, 0.05) is 11.9 Å². The predicted octanol–water partition coefficient (Wildman–Crippen LogP) is 2.28. The molecule has 1 aromatic heterocycles. The van der Waals surface area contributed by atoms with Crippen LogP contribution >= 0.6 is 0 Å². The molecule has 2 aromatic rings. The number of anilines is 3. The Morgan fingerprint density at radius 1 is 1.19 bits per heavy atom. The van der Waals surface area contributed by atoms with E-state index in [1.807, 2.05) is 12.1 Å². The molecule has 4 heteroatoms. The van der Waals surface area contributed by atoms with E-state index in [1.54, 1.807) is 30.5 Å². The van der Waals surface area contributed by atoms with Gasteiger partial charge in [0.05, 0.1) is 17.3 Å². The molecular weight excluding hydrogens is 200 g/mol. The highest BCUT2D eigenvalue weighted by molar-refractivity contribution is 5.68. The molecule has 0 aliphatic carbocycles. The summed E-state index contributed by atoms with van der Waals surface area (Å²) in [5.74, 6) is 0.618. The van der Waals surface area contributed by atoms with E-state index in [-0.39, 0.29) is 0 Å². The second-order valence-electron chi connectivity index (χ2n) is 3.26. The summed E-state index contributed by atoms with van der Waals surface area (Å²) >= 11 is 0. The van der Waals surface area contributed by atoms with E-state index >= 15 is 0 Å². The molecule has 0 fully saturated rings. The fourth-order valence-corrected chi connectivity index (χ4v) is 1.29. The fraction of sp³-hybridized carbons (Fsp3) is 0. The molecule has 3 N–H and O–H groups in total. The molecule has 0 atom stereocenters. The van der Waals surface area contributed by atoms with Crippen LogP contribution in [0.3, 0.4) is 0 Å². The Balaban J connectivity index is 2.22. The minimum Gasteiger partial charge on any atom is -0.396 e. The van der Waals surface area contributed by atoms with E-state index in [0.29, 0.717) is 17.1 Å². The molecule has 1 aromatic carbocycles. The third-order valence-corrected chi connectivity index (χ3v) is 2.12. The molecule has 0 saturated carbocycles. The zero-order valence-electron chi connectivity index (χ0n) is 8.51. The monoisotopic (exact) mass is 210 g/mol. The standard InChI is InChI=1S/C12H10N4/c13-8-9-3-5-10(6-4-9)16-12-11(14)2-1-7-15-12/h1-7H,14H2,(H,15,16). The summed E-state index contributed by atoms with van der Waals surface area (Å²) in [5.41, 5.74) is 7.81. The van der Waals surface area contributed by atoms with Gasteiger partial charge in [0.2, 0.25) is 0 Å². The molecule has 0 radical (unpaired) electrons. The first-order chi connectivity index (χ1) is 7.79. The molecule has 2 rings (SSSR count). The predicted molar refractivity (Wildman–Crippen MR) is 63.1 cm³/mol. The van der Waals surface area contributed by atoms with Gasteiger partial charge in [-0.3, -0.25) is 0 Å². The van der Waals surface area contributed by atoms with Gasteiger partial charge >= 0.3 is 0 Å². The van der Waals surface area contributed by atoms with E-state index in [2.05, 4.69) is 16.4 Å². The number of rotatable bonds is 2. The Labute approximate surface area is 93.4 Å². The Kier molecular flexibility index (Phi) is 2.70. The molecule has 1 heterocycles. The van der Waals surface area contributed by atoms with Crippen LogP contribution in [0.4, 0.5) is 17.2 Å². The van der Waals surface area contributed by atoms with Gasteiger partial charge in [-0.1, -0.05) is 0 Å². The lowest BCUT2D eigenvalue weighted by molar-refractivity contribution is 1.31. The van der Waals surface area contributed by atoms with Gasteiger partial charge in [0.1, 0.15) is 0 Å². The smallest absolute Gasteiger partial charge is 0.153 e. The lowest BCUT2D eigenvalue weighted by Gasteiger charge is -2.07. The van der Waals surface area contributed by atoms with Crippen LogP contribution in [-0.4, -0.2) is 4.98 Å². The van der Waals surface area contributed by atoms with Gasteiger partial charge in [0.25, 0.3) is 0 Å². The number of pyridine rings is 1. The normalized spacial score (nSPS) is 9.44. The minimum atomic E-state index is 0.590. The molecule has 16 heavy (non-hydrogen) atoms. The van der Waals surface area contributed by atoms with E-state index < -0.39 is 0 Å². The van der Waals surface area contributed by atoms with Crippen LogP contribution < -0.4 is 11.1 Å². The summed E-state index contributed by atoms with van der Waals surface area (Å²) < 4.78 is 0. The Morgan fingerprint density at radius 3 is 2.56 bits per heavy atom. The first-order valence-electron chi connectivity index (χ1n) is 4.77. The summed E-state index contributed by atoms with van der Waals surface area (Å²) in [5, 5.41) is 11.7. The van der Waals surface area contributed by atoms with Gasteiger partial charge < -0.3 is 11.1 Å². The first-order valence-corrected chi connectivity index (χ1v) is 4.77. The number of nitrogen functional groups attached to an aromatic ring is 1. The molecule has 78 valence electrons. The molecule has 0 aliphatic rings. The maximum absolute atomic E-state index is 8.66. The van der Waals surface area contributed by atoms with Crippen molar-refractivity contribution in [1.29, 1.82) is 5.26 Å². The van der Waals surface area contributed by atoms with Crippen LogP contribution in [0.5, 0.6) is 0 Å². The molecule has 0 amide bonds. The summed E-state index contributed by atoms with van der Waals surface area (Å²) in [6.07, 6.45) is 1.67. The molecule has 0 unspecified atom stereocenters. The zero-order valence-corrected chi connectivity index (χ0v) is 8.51. The zero-order chi connectivity index (χ0) is 11.4. The maximum Gasteiger partial charge on any atom is 0.153 e. The number of hydrogen-bond donors (Lipinski definition) is 2. The van der Waals surface area contributed by atoms with Crippen LogP contribution in [0, 0.1) is 11.3 Å². The molecule has 4 nitrogen and oxygen atoms in total. The number of benzene rings is 1. The lowest BCUT2D eigenvalue weighted by Crippen LogP contribution is -1.98. The number of nitriles is 1. The fourth-order valence-electron chi connectivity index (χ4n) is 1.29. The molecule has 0 saturated heterocycles. The van der Waals surface area contributed by atoms with Crippen molar-refractivity contribution >= 4 is 17.2 Å². The molecule has 0 spiro atoms. The highest BCUT2D eigenvalue weighted by atomic mass is 15.0. The summed E-state index contributed by atoms with van der Waals surface area (Å²) in [6.45, 7) is 0. The molecule has 0 bridgehead atoms. The number of hydrogen-bond acceptors (Lipinski definition) is 4.